The number of hydrogen-bond donors (Lipinski definition) is 3. The van der Waals surface area contributed by atoms with Crippen LogP contribution in [0.15, 0.2) is 66.7 Å². The highest BCUT2D eigenvalue weighted by atomic mass is 16.5. The molecule has 34 heavy (non-hydrogen) atoms. The summed E-state index contributed by atoms with van der Waals surface area (Å²) in [4.78, 5) is 13.9. The van der Waals surface area contributed by atoms with E-state index < -0.39 is 6.03 Å². The molecule has 0 bridgehead atoms. The molecule has 0 fully saturated rings. The number of ether oxygens (including phenoxy) is 2. The second-order valence-electron chi connectivity index (χ2n) is 7.72. The molecular weight excluding hydrogens is 428 g/mol. The van der Waals surface area contributed by atoms with Crippen LogP contribution in [-0.2, 0) is 26.1 Å². The van der Waals surface area contributed by atoms with Crippen LogP contribution in [0, 0.1) is 5.41 Å². The Bertz CT molecular complexity index is 1120. The van der Waals surface area contributed by atoms with Crippen molar-refractivity contribution in [2.45, 2.75) is 39.9 Å². The quantitative estimate of drug-likeness (QED) is 0.309. The highest BCUT2D eigenvalue weighted by molar-refractivity contribution is 6.15. The normalized spacial score (nSPS) is 10.4. The monoisotopic (exact) mass is 460 g/mol. The van der Waals surface area contributed by atoms with Crippen molar-refractivity contribution < 1.29 is 14.3 Å². The predicted molar refractivity (Wildman–Crippen MR) is 136 cm³/mol. The van der Waals surface area contributed by atoms with Gasteiger partial charge in [-0.05, 0) is 35.6 Å². The molecule has 0 atom stereocenters. The Labute approximate surface area is 201 Å². The third-order valence-corrected chi connectivity index (χ3v) is 5.47. The zero-order chi connectivity index (χ0) is 24.5. The summed E-state index contributed by atoms with van der Waals surface area (Å²) in [6.07, 6.45) is 1.17. The predicted octanol–water partition coefficient (Wildman–Crippen LogP) is 5.01. The Morgan fingerprint density at radius 1 is 0.941 bits per heavy atom. The molecule has 3 aromatic carbocycles. The van der Waals surface area contributed by atoms with Gasteiger partial charge in [-0.1, -0.05) is 74.5 Å². The average Bonchev–Trinajstić information content (AvgIpc) is 2.87. The molecule has 0 spiro atoms. The first-order chi connectivity index (χ1) is 16.5. The van der Waals surface area contributed by atoms with E-state index in [2.05, 4.69) is 5.32 Å². The van der Waals surface area contributed by atoms with E-state index in [1.165, 1.54) is 11.9 Å². The zero-order valence-electron chi connectivity index (χ0n) is 19.9. The van der Waals surface area contributed by atoms with E-state index >= 15 is 0 Å². The summed E-state index contributed by atoms with van der Waals surface area (Å²) in [7, 11) is 1.51. The Kier molecular flexibility index (Phi) is 8.51. The van der Waals surface area contributed by atoms with Gasteiger partial charge in [0.05, 0.1) is 5.69 Å². The fourth-order valence-electron chi connectivity index (χ4n) is 3.79. The molecule has 7 nitrogen and oxygen atoms in total. The Balaban J connectivity index is 2.12. The van der Waals surface area contributed by atoms with Crippen molar-refractivity contribution in [3.8, 4) is 11.5 Å². The van der Waals surface area contributed by atoms with E-state index in [-0.39, 0.29) is 5.96 Å². The lowest BCUT2D eigenvalue weighted by molar-refractivity contribution is 0.249. The zero-order valence-corrected chi connectivity index (χ0v) is 19.9. The topological polar surface area (TPSA) is 101 Å². The number of nitrogens with one attached hydrogen (secondary N) is 2. The minimum Gasteiger partial charge on any atom is -0.485 e. The van der Waals surface area contributed by atoms with Crippen LogP contribution in [0.5, 0.6) is 11.5 Å². The number of urea groups is 1. The number of aryl methyl sites for hydroxylation is 1. The lowest BCUT2D eigenvalue weighted by Gasteiger charge is -2.28. The molecule has 0 aliphatic carbocycles. The van der Waals surface area contributed by atoms with Crippen molar-refractivity contribution in [1.82, 2.24) is 5.32 Å². The molecular formula is C27H32N4O3. The molecule has 4 N–H and O–H groups in total. The lowest BCUT2D eigenvalue weighted by Crippen LogP contribution is -2.47. The van der Waals surface area contributed by atoms with Crippen molar-refractivity contribution in [2.75, 3.05) is 11.9 Å². The third-order valence-electron chi connectivity index (χ3n) is 5.47. The molecule has 178 valence electrons. The molecule has 0 aliphatic heterocycles. The SMILES string of the molecule is CCc1cc(OCc2ccccc2)c(OCc2ccccc2)c(CC)c1N(C(=N)N)C(=O)NC. The molecule has 3 aromatic rings. The van der Waals surface area contributed by atoms with Gasteiger partial charge in [0.25, 0.3) is 0 Å². The number of carbonyl (C=O) groups excluding carboxylic acids is 1. The summed E-state index contributed by atoms with van der Waals surface area (Å²) in [5, 5.41) is 10.7. The van der Waals surface area contributed by atoms with Gasteiger partial charge in [0.2, 0.25) is 5.96 Å². The van der Waals surface area contributed by atoms with Crippen molar-refractivity contribution in [1.29, 1.82) is 5.41 Å². The first kappa shape index (κ1) is 24.6. The van der Waals surface area contributed by atoms with E-state index in [9.17, 15) is 4.79 Å². The van der Waals surface area contributed by atoms with Crippen LogP contribution in [0.1, 0.15) is 36.1 Å². The number of hydrogen-bond acceptors (Lipinski definition) is 4. The second kappa shape index (κ2) is 11.7. The van der Waals surface area contributed by atoms with Crippen LogP contribution in [0.25, 0.3) is 0 Å². The van der Waals surface area contributed by atoms with E-state index in [1.54, 1.807) is 0 Å². The molecule has 0 heterocycles. The molecule has 0 aliphatic rings. The highest BCUT2D eigenvalue weighted by Gasteiger charge is 2.28. The first-order valence-electron chi connectivity index (χ1n) is 11.4. The number of nitrogens with zero attached hydrogens (tertiary/aromatic N) is 1. The van der Waals surface area contributed by atoms with Crippen molar-refractivity contribution in [2.24, 2.45) is 5.73 Å². The van der Waals surface area contributed by atoms with Gasteiger partial charge < -0.3 is 20.5 Å². The maximum absolute atomic E-state index is 12.7. The molecule has 7 heteroatoms. The highest BCUT2D eigenvalue weighted by Crippen LogP contribution is 2.42. The minimum atomic E-state index is -0.483. The number of carbonyl (C=O) groups is 1. The molecule has 0 aromatic heterocycles. The molecule has 0 saturated carbocycles. The summed E-state index contributed by atoms with van der Waals surface area (Å²) in [5.41, 5.74) is 10.1. The summed E-state index contributed by atoms with van der Waals surface area (Å²) in [6, 6.07) is 21.2. The Hall–Kier alpha value is -4.00. The van der Waals surface area contributed by atoms with Crippen LogP contribution in [0.4, 0.5) is 10.5 Å². The maximum atomic E-state index is 12.7. The minimum absolute atomic E-state index is 0.334. The summed E-state index contributed by atoms with van der Waals surface area (Å²) >= 11 is 0. The Morgan fingerprint density at radius 2 is 1.50 bits per heavy atom. The number of benzene rings is 3. The smallest absolute Gasteiger partial charge is 0.328 e. The number of amides is 2. The summed E-state index contributed by atoms with van der Waals surface area (Å²) < 4.78 is 12.6. The van der Waals surface area contributed by atoms with Crippen LogP contribution < -0.4 is 25.4 Å². The van der Waals surface area contributed by atoms with Crippen LogP contribution >= 0.6 is 0 Å². The Morgan fingerprint density at radius 3 is 1.97 bits per heavy atom. The molecule has 2 amide bonds. The lowest BCUT2D eigenvalue weighted by atomic mass is 9.99. The van der Waals surface area contributed by atoms with Crippen LogP contribution in [0.2, 0.25) is 0 Å². The van der Waals surface area contributed by atoms with Crippen molar-refractivity contribution in [3.63, 3.8) is 0 Å². The van der Waals surface area contributed by atoms with E-state index in [0.29, 0.717) is 43.2 Å². The van der Waals surface area contributed by atoms with Gasteiger partial charge >= 0.3 is 6.03 Å². The number of rotatable bonds is 9. The van der Waals surface area contributed by atoms with Crippen LogP contribution in [0.3, 0.4) is 0 Å². The maximum Gasteiger partial charge on any atom is 0.328 e. The molecule has 0 unspecified atom stereocenters. The average molecular weight is 461 g/mol. The van der Waals surface area contributed by atoms with E-state index in [4.69, 9.17) is 20.6 Å². The third kappa shape index (κ3) is 5.67. The first-order valence-corrected chi connectivity index (χ1v) is 11.4. The number of nitrogens with two attached hydrogens (primary N) is 1. The fourth-order valence-corrected chi connectivity index (χ4v) is 3.79. The van der Waals surface area contributed by atoms with E-state index in [1.807, 2.05) is 80.6 Å². The fraction of sp³-hybridized carbons (Fsp3) is 0.259. The standard InChI is InChI=1S/C27H32N4O3/c1-4-21-16-23(33-17-19-12-8-6-9-13-19)25(34-18-20-14-10-7-11-15-20)22(5-2)24(21)31(26(28)29)27(32)30-3/h6-16H,4-5,17-18H2,1-3H3,(H3,28,29)(H,30,32). The molecule has 0 saturated heterocycles. The van der Waals surface area contributed by atoms with Gasteiger partial charge in [0.15, 0.2) is 11.5 Å². The summed E-state index contributed by atoms with van der Waals surface area (Å²) in [5.74, 6) is 0.776. The number of guanidine groups is 1. The van der Waals surface area contributed by atoms with Crippen LogP contribution in [-0.4, -0.2) is 19.0 Å². The largest absolute Gasteiger partial charge is 0.485 e. The van der Waals surface area contributed by atoms with Gasteiger partial charge in [-0.25, -0.2) is 9.69 Å². The summed E-state index contributed by atoms with van der Waals surface area (Å²) in [6.45, 7) is 4.68. The van der Waals surface area contributed by atoms with Crippen molar-refractivity contribution >= 4 is 17.7 Å². The van der Waals surface area contributed by atoms with Gasteiger partial charge in [-0.15, -0.1) is 0 Å². The second-order valence-corrected chi connectivity index (χ2v) is 7.72. The number of anilines is 1. The van der Waals surface area contributed by atoms with Crippen molar-refractivity contribution in [3.05, 3.63) is 89.0 Å². The van der Waals surface area contributed by atoms with Gasteiger partial charge in [0, 0.05) is 12.6 Å². The van der Waals surface area contributed by atoms with Gasteiger partial charge in [-0.3, -0.25) is 5.41 Å². The van der Waals surface area contributed by atoms with E-state index in [0.717, 1.165) is 22.3 Å². The van der Waals surface area contributed by atoms with Gasteiger partial charge in [-0.2, -0.15) is 0 Å². The van der Waals surface area contributed by atoms with Gasteiger partial charge in [0.1, 0.15) is 13.2 Å². The molecule has 0 radical (unpaired) electrons. The molecule has 3 rings (SSSR count).